The molecule has 56 heavy (non-hydrogen) atoms. The molecule has 7 rings (SSSR count). The van der Waals surface area contributed by atoms with Crippen molar-refractivity contribution in [1.29, 1.82) is 0 Å². The molecular weight excluding hydrogens is 754 g/mol. The maximum atomic E-state index is 17.0. The number of benzene rings is 2. The molecule has 2 aromatic carbocycles. The number of phosphoric acid groups is 1. The van der Waals surface area contributed by atoms with Gasteiger partial charge in [0.25, 0.3) is 0 Å². The SMILES string of the molecule is CC(C)NC1CCC(c2ccccc2)(c2ccccc2)CC1.C[C@@H]1C[C@H]2[C@@H]3CCC4=CC(=O)C=C[C@]4(C)[C@@]3(F)[C@@H](O)C[C@]2(C)[C@@]1(O)C(=O)COP(=O)([O-])[O-].[Na+].[Na+]. The molecule has 4 fully saturated rings. The third kappa shape index (κ3) is 8.41. The minimum atomic E-state index is -5.43. The molecule has 2 aromatic rings. The minimum Gasteiger partial charge on any atom is -0.790 e. The van der Waals surface area contributed by atoms with Crippen LogP contribution >= 0.6 is 7.82 Å². The van der Waals surface area contributed by atoms with E-state index in [1.165, 1.54) is 55.0 Å². The third-order valence-corrected chi connectivity index (χ3v) is 14.5. The molecule has 13 heteroatoms. The van der Waals surface area contributed by atoms with Crippen LogP contribution in [-0.4, -0.2) is 57.8 Å². The van der Waals surface area contributed by atoms with Gasteiger partial charge in [-0.1, -0.05) is 100 Å². The number of hydrogen-bond donors (Lipinski definition) is 3. The van der Waals surface area contributed by atoms with E-state index in [2.05, 4.69) is 84.4 Å². The van der Waals surface area contributed by atoms with Crippen molar-refractivity contribution in [3.05, 3.63) is 95.6 Å². The Labute approximate surface area is 375 Å². The summed E-state index contributed by atoms with van der Waals surface area (Å²) in [6, 6.07) is 23.4. The van der Waals surface area contributed by atoms with Crippen LogP contribution < -0.4 is 74.2 Å². The fourth-order valence-corrected chi connectivity index (χ4v) is 11.7. The van der Waals surface area contributed by atoms with Gasteiger partial charge in [-0.3, -0.25) is 9.59 Å². The number of aliphatic hydroxyl groups excluding tert-OH is 1. The van der Waals surface area contributed by atoms with Crippen LogP contribution in [0.2, 0.25) is 0 Å². The number of rotatable bonds is 8. The fourth-order valence-electron chi connectivity index (χ4n) is 11.4. The predicted molar refractivity (Wildman–Crippen MR) is 201 cm³/mol. The van der Waals surface area contributed by atoms with E-state index in [9.17, 15) is 34.2 Å². The van der Waals surface area contributed by atoms with E-state index in [1.807, 2.05) is 0 Å². The first-order valence-corrected chi connectivity index (χ1v) is 20.9. The maximum Gasteiger partial charge on any atom is 1.00 e. The zero-order chi connectivity index (χ0) is 39.3. The van der Waals surface area contributed by atoms with Gasteiger partial charge in [0, 0.05) is 34.2 Å². The van der Waals surface area contributed by atoms with Gasteiger partial charge in [0.15, 0.2) is 17.2 Å². The van der Waals surface area contributed by atoms with E-state index in [4.69, 9.17) is 0 Å². The van der Waals surface area contributed by atoms with Gasteiger partial charge in [-0.15, -0.1) is 0 Å². The van der Waals surface area contributed by atoms with Crippen molar-refractivity contribution in [3.63, 3.8) is 0 Å². The molecule has 5 aliphatic carbocycles. The second-order valence-electron chi connectivity index (χ2n) is 17.2. The average Bonchev–Trinajstić information content (AvgIpc) is 3.33. The first kappa shape index (κ1) is 47.9. The quantitative estimate of drug-likeness (QED) is 0.240. The summed E-state index contributed by atoms with van der Waals surface area (Å²) < 4.78 is 32.0. The second-order valence-corrected chi connectivity index (χ2v) is 18.4. The molecular formula is C43H55FNNa2O8P. The first-order chi connectivity index (χ1) is 25.3. The Balaban J connectivity index is 0.000000255. The molecule has 294 valence electrons. The number of alkyl halides is 1. The van der Waals surface area contributed by atoms with Gasteiger partial charge in [0.2, 0.25) is 0 Å². The summed E-state index contributed by atoms with van der Waals surface area (Å²) in [6.45, 7) is 8.29. The van der Waals surface area contributed by atoms with Crippen LogP contribution in [0.5, 0.6) is 0 Å². The molecule has 9 nitrogen and oxygen atoms in total. The number of hydrogen-bond acceptors (Lipinski definition) is 9. The molecule has 0 amide bonds. The molecule has 0 aromatic heterocycles. The standard InChI is InChI=1S/C22H30FO8P.C21H27N.2Na/c1-12-8-16-15-5-4-13-9-14(24)6-7-19(13,2)21(15,23)17(25)10-20(16,3)22(12,27)18(26)11-31-32(28,29)30;1-17(2)22-20-13-15-21(16-14-20,18-9-5-3-6-10-18)19-11-7-4-8-12-19;;/h6-7,9,12,15-17,25,27H,4-5,8,10-11H2,1-3H3,(H2,28,29,30);3-12,17,20,22H,13-16H2,1-2H3;;/q;;2*+1/p-2/t12-,15+,16+,17+,19+,20+,21+,22+;;;/m1.../s1. The molecule has 0 aliphatic heterocycles. The number of nitrogens with one attached hydrogen (secondary N) is 1. The van der Waals surface area contributed by atoms with Crippen LogP contribution in [0.4, 0.5) is 4.39 Å². The Morgan fingerprint density at radius 1 is 0.982 bits per heavy atom. The number of aliphatic hydroxyl groups is 2. The maximum absolute atomic E-state index is 17.0. The summed E-state index contributed by atoms with van der Waals surface area (Å²) in [4.78, 5) is 46.6. The molecule has 5 aliphatic rings. The smallest absolute Gasteiger partial charge is 0.790 e. The zero-order valence-corrected chi connectivity index (χ0v) is 38.9. The Morgan fingerprint density at radius 3 is 2.05 bits per heavy atom. The monoisotopic (exact) mass is 809 g/mol. The van der Waals surface area contributed by atoms with E-state index in [0.717, 1.165) is 0 Å². The molecule has 0 spiro atoms. The van der Waals surface area contributed by atoms with Crippen molar-refractivity contribution in [2.24, 2.45) is 28.6 Å². The van der Waals surface area contributed by atoms with Crippen molar-refractivity contribution >= 4 is 19.4 Å². The van der Waals surface area contributed by atoms with Gasteiger partial charge < -0.3 is 34.4 Å². The van der Waals surface area contributed by atoms with Crippen molar-refractivity contribution in [3.8, 4) is 0 Å². The van der Waals surface area contributed by atoms with Crippen molar-refractivity contribution < 1.29 is 102 Å². The number of Topliss-reactive ketones (excluding diaryl/α,β-unsaturated/α-hetero) is 1. The summed E-state index contributed by atoms with van der Waals surface area (Å²) in [7, 11) is -5.43. The van der Waals surface area contributed by atoms with Crippen LogP contribution in [0, 0.1) is 28.6 Å². The molecule has 8 atom stereocenters. The molecule has 0 saturated heterocycles. The van der Waals surface area contributed by atoms with Gasteiger partial charge in [0.05, 0.1) is 13.9 Å². The van der Waals surface area contributed by atoms with E-state index in [0.29, 0.717) is 30.5 Å². The number of phosphoric ester groups is 1. The summed E-state index contributed by atoms with van der Waals surface area (Å²) in [5, 5.41) is 26.5. The normalized spacial score (nSPS) is 34.7. The van der Waals surface area contributed by atoms with Crippen LogP contribution in [0.15, 0.2) is 84.5 Å². The number of halogens is 1. The van der Waals surface area contributed by atoms with Gasteiger partial charge in [0.1, 0.15) is 12.2 Å². The Hall–Kier alpha value is -0.820. The topological polar surface area (TPSA) is 159 Å². The Morgan fingerprint density at radius 2 is 1.54 bits per heavy atom. The van der Waals surface area contributed by atoms with Gasteiger partial charge >= 0.3 is 59.1 Å². The van der Waals surface area contributed by atoms with Gasteiger partial charge in [-0.2, -0.15) is 0 Å². The van der Waals surface area contributed by atoms with E-state index < -0.39 is 66.2 Å². The molecule has 4 saturated carbocycles. The van der Waals surface area contributed by atoms with Gasteiger partial charge in [-0.25, -0.2) is 4.39 Å². The number of carbonyl (C=O) groups is 2. The molecule has 0 radical (unpaired) electrons. The Bertz CT molecular complexity index is 1780. The van der Waals surface area contributed by atoms with Crippen molar-refractivity contribution in [2.45, 2.75) is 121 Å². The van der Waals surface area contributed by atoms with E-state index >= 15 is 4.39 Å². The second kappa shape index (κ2) is 18.0. The number of fused-ring (bicyclic) bond motifs is 5. The summed E-state index contributed by atoms with van der Waals surface area (Å²) in [6.07, 6.45) is 8.49. The van der Waals surface area contributed by atoms with Crippen molar-refractivity contribution in [1.82, 2.24) is 5.32 Å². The number of ketones is 2. The van der Waals surface area contributed by atoms with Crippen LogP contribution in [0.3, 0.4) is 0 Å². The summed E-state index contributed by atoms with van der Waals surface area (Å²) >= 11 is 0. The van der Waals surface area contributed by atoms with Crippen LogP contribution in [0.25, 0.3) is 0 Å². The third-order valence-electron chi connectivity index (χ3n) is 14.1. The van der Waals surface area contributed by atoms with Crippen LogP contribution in [-0.2, 0) is 24.1 Å². The summed E-state index contributed by atoms with van der Waals surface area (Å²) in [5.41, 5.74) is -2.88. The first-order valence-electron chi connectivity index (χ1n) is 19.4. The number of allylic oxidation sites excluding steroid dienone is 4. The molecule has 0 unspecified atom stereocenters. The molecule has 3 N–H and O–H groups in total. The molecule has 0 heterocycles. The Kier molecular flexibility index (Phi) is 15.4. The van der Waals surface area contributed by atoms with Crippen LogP contribution in [0.1, 0.15) is 97.1 Å². The number of carbonyl (C=O) groups excluding carboxylic acids is 2. The largest absolute Gasteiger partial charge is 1.00 e. The van der Waals surface area contributed by atoms with Crippen molar-refractivity contribution in [2.75, 3.05) is 6.61 Å². The summed E-state index contributed by atoms with van der Waals surface area (Å²) in [5.74, 6) is -3.06. The molecule has 0 bridgehead atoms. The predicted octanol–water partition coefficient (Wildman–Crippen LogP) is -0.330. The fraction of sp³-hybridized carbons (Fsp3) is 0.581. The average molecular weight is 810 g/mol. The van der Waals surface area contributed by atoms with E-state index in [-0.39, 0.29) is 83.2 Å². The zero-order valence-electron chi connectivity index (χ0n) is 34.0. The van der Waals surface area contributed by atoms with E-state index in [1.54, 1.807) is 20.8 Å². The minimum absolute atomic E-state index is 0. The van der Waals surface area contributed by atoms with Gasteiger partial charge in [-0.05, 0) is 93.4 Å².